The lowest BCUT2D eigenvalue weighted by atomic mass is 9.84. The highest BCUT2D eigenvalue weighted by molar-refractivity contribution is 6.12. The maximum absolute atomic E-state index is 15.2. The molecule has 0 saturated carbocycles. The van der Waals surface area contributed by atoms with Gasteiger partial charge in [0.25, 0.3) is 0 Å². The number of ether oxygens (including phenoxy) is 1. The molecule has 2 aliphatic rings. The fraction of sp³-hybridized carbons (Fsp3) is 0.333. The van der Waals surface area contributed by atoms with Crippen LogP contribution in [0, 0.1) is 17.5 Å². The van der Waals surface area contributed by atoms with Crippen LogP contribution in [0.5, 0.6) is 0 Å². The zero-order valence-corrected chi connectivity index (χ0v) is 19.5. The topological polar surface area (TPSA) is 47.0 Å². The summed E-state index contributed by atoms with van der Waals surface area (Å²) in [5, 5.41) is 3.81. The summed E-state index contributed by atoms with van der Waals surface area (Å²) in [5.41, 5.74) is 2.93. The predicted octanol–water partition coefficient (Wildman–Crippen LogP) is 5.26. The van der Waals surface area contributed by atoms with E-state index in [2.05, 4.69) is 15.0 Å². The van der Waals surface area contributed by atoms with E-state index < -0.39 is 24.1 Å². The molecule has 2 aliphatic heterocycles. The summed E-state index contributed by atoms with van der Waals surface area (Å²) in [6.45, 7) is 1.59. The molecule has 0 unspecified atom stereocenters. The number of hydrogen-bond donors (Lipinski definition) is 0. The fourth-order valence-electron chi connectivity index (χ4n) is 4.89. The Morgan fingerprint density at radius 3 is 2.61 bits per heavy atom. The van der Waals surface area contributed by atoms with Crippen molar-refractivity contribution in [3.8, 4) is 0 Å². The monoisotopic (exact) mass is 499 g/mol. The van der Waals surface area contributed by atoms with Crippen LogP contribution in [0.3, 0.4) is 0 Å². The van der Waals surface area contributed by atoms with Crippen LogP contribution in [0.25, 0.3) is 0 Å². The Balaban J connectivity index is 1.31. The van der Waals surface area contributed by atoms with E-state index in [1.807, 2.05) is 12.3 Å². The van der Waals surface area contributed by atoms with Crippen molar-refractivity contribution in [3.63, 3.8) is 0 Å². The van der Waals surface area contributed by atoms with Crippen molar-refractivity contribution in [2.75, 3.05) is 26.4 Å². The van der Waals surface area contributed by atoms with Gasteiger partial charge in [-0.25, -0.2) is 17.6 Å². The van der Waals surface area contributed by atoms with Crippen LogP contribution >= 0.6 is 0 Å². The first-order valence-electron chi connectivity index (χ1n) is 11.8. The molecule has 2 aromatic carbocycles. The Labute approximate surface area is 206 Å². The second-order valence-electron chi connectivity index (χ2n) is 9.00. The normalized spacial score (nSPS) is 17.4. The maximum atomic E-state index is 15.2. The minimum Gasteiger partial charge on any atom is -0.392 e. The van der Waals surface area contributed by atoms with Crippen LogP contribution in [0.4, 0.5) is 17.6 Å². The zero-order valence-electron chi connectivity index (χ0n) is 19.5. The van der Waals surface area contributed by atoms with Crippen LogP contribution in [0.2, 0.25) is 0 Å². The average Bonchev–Trinajstić information content (AvgIpc) is 3.24. The molecule has 36 heavy (non-hydrogen) atoms. The van der Waals surface area contributed by atoms with Crippen molar-refractivity contribution in [1.29, 1.82) is 0 Å². The number of oxime groups is 1. The van der Waals surface area contributed by atoms with Gasteiger partial charge in [-0.05, 0) is 60.4 Å². The summed E-state index contributed by atoms with van der Waals surface area (Å²) in [6, 6.07) is 9.79. The molecule has 1 spiro atoms. The highest BCUT2D eigenvalue weighted by Gasteiger charge is 2.42. The number of alkyl halides is 1. The van der Waals surface area contributed by atoms with E-state index in [9.17, 15) is 13.2 Å². The SMILES string of the molecule is FCCO/N=C(\c1ccc(F)c(F)c1)c1ccc(CN2CCC3(CC2)OCc2ccncc23)cc1F. The van der Waals surface area contributed by atoms with Gasteiger partial charge in [-0.3, -0.25) is 9.88 Å². The van der Waals surface area contributed by atoms with Gasteiger partial charge >= 0.3 is 0 Å². The molecule has 5 nitrogen and oxygen atoms in total. The number of aromatic nitrogens is 1. The Morgan fingerprint density at radius 2 is 1.86 bits per heavy atom. The lowest BCUT2D eigenvalue weighted by Gasteiger charge is -2.39. The van der Waals surface area contributed by atoms with Crippen LogP contribution in [0.15, 0.2) is 60.0 Å². The lowest BCUT2D eigenvalue weighted by molar-refractivity contribution is -0.0800. The van der Waals surface area contributed by atoms with Crippen molar-refractivity contribution in [2.45, 2.75) is 31.6 Å². The number of halogens is 4. The van der Waals surface area contributed by atoms with Gasteiger partial charge < -0.3 is 9.57 Å². The van der Waals surface area contributed by atoms with E-state index in [0.29, 0.717) is 13.2 Å². The van der Waals surface area contributed by atoms with E-state index in [0.717, 1.165) is 43.6 Å². The summed E-state index contributed by atoms with van der Waals surface area (Å²) < 4.78 is 61.1. The Bertz CT molecular complexity index is 1280. The summed E-state index contributed by atoms with van der Waals surface area (Å²) in [4.78, 5) is 11.4. The van der Waals surface area contributed by atoms with Crippen molar-refractivity contribution in [2.24, 2.45) is 5.16 Å². The van der Waals surface area contributed by atoms with Gasteiger partial charge in [-0.1, -0.05) is 11.2 Å². The van der Waals surface area contributed by atoms with E-state index in [4.69, 9.17) is 9.57 Å². The van der Waals surface area contributed by atoms with E-state index in [1.54, 1.807) is 12.3 Å². The number of fused-ring (bicyclic) bond motifs is 2. The number of piperidine rings is 1. The summed E-state index contributed by atoms with van der Waals surface area (Å²) in [6.07, 6.45) is 5.33. The molecular formula is C27H25F4N3O2. The largest absolute Gasteiger partial charge is 0.392 e. The molecule has 0 radical (unpaired) electrons. The molecule has 9 heteroatoms. The number of rotatable bonds is 7. The van der Waals surface area contributed by atoms with Crippen LogP contribution < -0.4 is 0 Å². The third kappa shape index (κ3) is 4.85. The summed E-state index contributed by atoms with van der Waals surface area (Å²) in [5.74, 6) is -2.73. The minimum atomic E-state index is -1.10. The highest BCUT2D eigenvalue weighted by Crippen LogP contribution is 2.43. The number of likely N-dealkylation sites (tertiary alicyclic amines) is 1. The third-order valence-electron chi connectivity index (χ3n) is 6.78. The third-order valence-corrected chi connectivity index (χ3v) is 6.78. The number of nitrogens with zero attached hydrogens (tertiary/aromatic N) is 3. The van der Waals surface area contributed by atoms with Gasteiger partial charge in [0.05, 0.1) is 12.2 Å². The first-order chi connectivity index (χ1) is 17.5. The quantitative estimate of drug-likeness (QED) is 0.193. The standard InChI is InChI=1S/C27H25F4N3O2/c28-8-12-36-33-26(19-2-4-23(29)25(31)14-19)21-3-1-18(13-24(21)30)16-34-10-6-27(7-11-34)22-15-32-9-5-20(22)17-35-27/h1-5,9,13-15H,6-8,10-12,16-17H2/b33-26+. The van der Waals surface area contributed by atoms with Crippen LogP contribution in [-0.4, -0.2) is 42.0 Å². The highest BCUT2D eigenvalue weighted by atomic mass is 19.2. The van der Waals surface area contributed by atoms with E-state index in [1.165, 1.54) is 29.3 Å². The summed E-state index contributed by atoms with van der Waals surface area (Å²) in [7, 11) is 0. The smallest absolute Gasteiger partial charge is 0.159 e. The zero-order chi connectivity index (χ0) is 25.1. The molecule has 1 aromatic heterocycles. The molecule has 5 rings (SSSR count). The van der Waals surface area contributed by atoms with Gasteiger partial charge in [0.1, 0.15) is 24.8 Å². The lowest BCUT2D eigenvalue weighted by Crippen LogP contribution is -2.42. The molecule has 0 amide bonds. The molecule has 0 bridgehead atoms. The molecule has 3 aromatic rings. The molecule has 188 valence electrons. The van der Waals surface area contributed by atoms with Gasteiger partial charge in [0, 0.05) is 48.7 Å². The van der Waals surface area contributed by atoms with E-state index in [-0.39, 0.29) is 29.0 Å². The van der Waals surface area contributed by atoms with E-state index >= 15 is 4.39 Å². The van der Waals surface area contributed by atoms with Crippen molar-refractivity contribution in [3.05, 3.63) is 100 Å². The summed E-state index contributed by atoms with van der Waals surface area (Å²) >= 11 is 0. The number of benzene rings is 2. The van der Waals surface area contributed by atoms with Crippen molar-refractivity contribution >= 4 is 5.71 Å². The molecule has 1 fully saturated rings. The average molecular weight is 500 g/mol. The second kappa shape index (κ2) is 10.4. The van der Waals surface area contributed by atoms with Crippen molar-refractivity contribution < 1.29 is 27.1 Å². The Hall–Kier alpha value is -3.30. The van der Waals surface area contributed by atoms with Gasteiger partial charge in [0.2, 0.25) is 0 Å². The predicted molar refractivity (Wildman–Crippen MR) is 126 cm³/mol. The fourth-order valence-corrected chi connectivity index (χ4v) is 4.89. The first kappa shape index (κ1) is 24.4. The molecule has 0 atom stereocenters. The number of pyridine rings is 1. The van der Waals surface area contributed by atoms with Crippen LogP contribution in [0.1, 0.15) is 40.7 Å². The molecule has 1 saturated heterocycles. The van der Waals surface area contributed by atoms with Gasteiger partial charge in [-0.2, -0.15) is 0 Å². The van der Waals surface area contributed by atoms with Crippen LogP contribution in [-0.2, 0) is 28.3 Å². The Kier molecular flexibility index (Phi) is 7.02. The molecule has 0 N–H and O–H groups in total. The van der Waals surface area contributed by atoms with Gasteiger partial charge in [-0.15, -0.1) is 0 Å². The molecule has 0 aliphatic carbocycles. The number of hydrogen-bond acceptors (Lipinski definition) is 5. The second-order valence-corrected chi connectivity index (χ2v) is 9.00. The molecule has 3 heterocycles. The Morgan fingerprint density at radius 1 is 1.03 bits per heavy atom. The molecular weight excluding hydrogens is 474 g/mol. The van der Waals surface area contributed by atoms with Gasteiger partial charge in [0.15, 0.2) is 11.6 Å². The maximum Gasteiger partial charge on any atom is 0.159 e. The minimum absolute atomic E-state index is 0.0445. The first-order valence-corrected chi connectivity index (χ1v) is 11.8. The van der Waals surface area contributed by atoms with Crippen molar-refractivity contribution in [1.82, 2.24) is 9.88 Å².